The molecule has 1 aromatic rings. The van der Waals surface area contributed by atoms with Gasteiger partial charge in [0.05, 0.1) is 5.75 Å². The summed E-state index contributed by atoms with van der Waals surface area (Å²) in [5.74, 6) is -0.815. The van der Waals surface area contributed by atoms with Crippen molar-refractivity contribution in [3.8, 4) is 0 Å². The molecule has 0 saturated carbocycles. The summed E-state index contributed by atoms with van der Waals surface area (Å²) in [6.45, 7) is 1.34. The summed E-state index contributed by atoms with van der Waals surface area (Å²) in [7, 11) is -1.94. The predicted molar refractivity (Wildman–Crippen MR) is 95.3 cm³/mol. The molecule has 0 spiro atoms. The van der Waals surface area contributed by atoms with E-state index in [4.69, 9.17) is 5.11 Å². The topological polar surface area (TPSA) is 109 Å². The van der Waals surface area contributed by atoms with Gasteiger partial charge in [0.25, 0.3) is 5.91 Å². The van der Waals surface area contributed by atoms with E-state index < -0.39 is 16.0 Å². The summed E-state index contributed by atoms with van der Waals surface area (Å²) in [5, 5.41) is 11.2. The number of nitrogens with one attached hydrogen (secondary N) is 1. The van der Waals surface area contributed by atoms with Gasteiger partial charge in [0.1, 0.15) is 10.6 Å². The first-order valence-electron chi connectivity index (χ1n) is 8.06. The molecule has 0 bridgehead atoms. The van der Waals surface area contributed by atoms with E-state index >= 15 is 0 Å². The van der Waals surface area contributed by atoms with Gasteiger partial charge in [-0.2, -0.15) is 4.31 Å². The summed E-state index contributed by atoms with van der Waals surface area (Å²) in [6, 6.07) is 1.39. The van der Waals surface area contributed by atoms with Gasteiger partial charge in [-0.1, -0.05) is 6.42 Å². The maximum atomic E-state index is 12.7. The van der Waals surface area contributed by atoms with Gasteiger partial charge < -0.3 is 15.0 Å². The Hall–Kier alpha value is -1.52. The lowest BCUT2D eigenvalue weighted by atomic mass is 10.2. The molecule has 1 aliphatic rings. The Morgan fingerprint density at radius 2 is 1.96 bits per heavy atom. The maximum absolute atomic E-state index is 12.7. The Kier molecular flexibility index (Phi) is 6.91. The van der Waals surface area contributed by atoms with Crippen LogP contribution >= 0.6 is 11.8 Å². The van der Waals surface area contributed by atoms with Gasteiger partial charge in [-0.05, 0) is 18.9 Å². The van der Waals surface area contributed by atoms with Crippen molar-refractivity contribution < 1.29 is 23.1 Å². The van der Waals surface area contributed by atoms with Crippen LogP contribution in [0.3, 0.4) is 0 Å². The van der Waals surface area contributed by atoms with Crippen molar-refractivity contribution in [2.45, 2.75) is 24.2 Å². The van der Waals surface area contributed by atoms with Gasteiger partial charge in [-0.15, -0.1) is 11.8 Å². The highest BCUT2D eigenvalue weighted by atomic mass is 32.2. The van der Waals surface area contributed by atoms with Crippen molar-refractivity contribution in [3.05, 3.63) is 18.0 Å². The molecule has 1 aromatic heterocycles. The third-order valence-electron chi connectivity index (χ3n) is 3.92. The molecule has 1 fully saturated rings. The summed E-state index contributed by atoms with van der Waals surface area (Å²) >= 11 is 1.21. The third kappa shape index (κ3) is 5.23. The van der Waals surface area contributed by atoms with E-state index in [2.05, 4.69) is 5.32 Å². The lowest BCUT2D eigenvalue weighted by Crippen LogP contribution is -2.35. The molecule has 1 amide bonds. The van der Waals surface area contributed by atoms with Gasteiger partial charge >= 0.3 is 5.97 Å². The van der Waals surface area contributed by atoms with Crippen LogP contribution in [0.1, 0.15) is 29.8 Å². The molecule has 0 radical (unpaired) electrons. The zero-order valence-corrected chi connectivity index (χ0v) is 15.7. The number of aryl methyl sites for hydroxylation is 1. The van der Waals surface area contributed by atoms with Crippen LogP contribution in [0.15, 0.2) is 17.2 Å². The van der Waals surface area contributed by atoms with Crippen molar-refractivity contribution in [1.29, 1.82) is 0 Å². The van der Waals surface area contributed by atoms with Crippen LogP contribution in [0.2, 0.25) is 0 Å². The predicted octanol–water partition coefficient (Wildman–Crippen LogP) is 0.747. The molecule has 0 unspecified atom stereocenters. The van der Waals surface area contributed by atoms with Crippen molar-refractivity contribution >= 4 is 33.7 Å². The lowest BCUT2D eigenvalue weighted by Gasteiger charge is -2.25. The fourth-order valence-corrected chi connectivity index (χ4v) is 4.80. The van der Waals surface area contributed by atoms with Crippen LogP contribution in [-0.2, 0) is 21.9 Å². The molecular formula is C15H23N3O5S2. The summed E-state index contributed by atoms with van der Waals surface area (Å²) < 4.78 is 28.3. The molecule has 2 heterocycles. The number of sulfonamides is 1. The number of carbonyl (C=O) groups is 2. The Morgan fingerprint density at radius 1 is 1.28 bits per heavy atom. The number of hydrogen-bond acceptors (Lipinski definition) is 5. The fourth-order valence-electron chi connectivity index (χ4n) is 2.64. The van der Waals surface area contributed by atoms with E-state index in [1.165, 1.54) is 32.9 Å². The highest BCUT2D eigenvalue weighted by Gasteiger charge is 2.28. The second-order valence-corrected chi connectivity index (χ2v) is 8.88. The summed E-state index contributed by atoms with van der Waals surface area (Å²) in [4.78, 5) is 22.8. The van der Waals surface area contributed by atoms with E-state index in [0.717, 1.165) is 19.3 Å². The van der Waals surface area contributed by atoms with Crippen molar-refractivity contribution in [2.24, 2.45) is 7.05 Å². The normalized spacial score (nSPS) is 15.9. The number of carbonyl (C=O) groups excluding carboxylic acids is 1. The van der Waals surface area contributed by atoms with E-state index in [1.54, 1.807) is 7.05 Å². The first-order chi connectivity index (χ1) is 11.8. The van der Waals surface area contributed by atoms with Crippen molar-refractivity contribution in [3.63, 3.8) is 0 Å². The zero-order chi connectivity index (χ0) is 18.4. The summed E-state index contributed by atoms with van der Waals surface area (Å²) in [6.07, 6.45) is 4.20. The first kappa shape index (κ1) is 19.8. The van der Waals surface area contributed by atoms with Crippen LogP contribution < -0.4 is 5.32 Å². The molecule has 0 aliphatic carbocycles. The van der Waals surface area contributed by atoms with Gasteiger partial charge in [0.2, 0.25) is 10.0 Å². The van der Waals surface area contributed by atoms with Crippen LogP contribution in [0.4, 0.5) is 0 Å². The first-order valence-corrected chi connectivity index (χ1v) is 10.7. The number of aliphatic carboxylic acids is 1. The van der Waals surface area contributed by atoms with E-state index in [0.29, 0.717) is 25.4 Å². The average molecular weight is 389 g/mol. The number of nitrogens with zero attached hydrogens (tertiary/aromatic N) is 2. The highest BCUT2D eigenvalue weighted by Crippen LogP contribution is 2.22. The molecule has 1 aliphatic heterocycles. The monoisotopic (exact) mass is 389 g/mol. The molecular weight excluding hydrogens is 366 g/mol. The summed E-state index contributed by atoms with van der Waals surface area (Å²) in [5.41, 5.74) is 0.263. The maximum Gasteiger partial charge on any atom is 0.313 e. The second-order valence-electron chi connectivity index (χ2n) is 5.84. The van der Waals surface area contributed by atoms with Crippen molar-refractivity contribution in [2.75, 3.05) is 31.1 Å². The van der Waals surface area contributed by atoms with E-state index in [9.17, 15) is 18.0 Å². The molecule has 2 rings (SSSR count). The second kappa shape index (κ2) is 8.72. The van der Waals surface area contributed by atoms with E-state index in [-0.39, 0.29) is 22.2 Å². The molecule has 2 N–H and O–H groups in total. The van der Waals surface area contributed by atoms with Gasteiger partial charge in [0, 0.05) is 38.6 Å². The zero-order valence-electron chi connectivity index (χ0n) is 14.1. The minimum absolute atomic E-state index is 0.0156. The molecule has 0 aromatic carbocycles. The van der Waals surface area contributed by atoms with Gasteiger partial charge in [0.15, 0.2) is 0 Å². The van der Waals surface area contributed by atoms with E-state index in [1.807, 2.05) is 0 Å². The van der Waals surface area contributed by atoms with Gasteiger partial charge in [-0.25, -0.2) is 8.42 Å². The molecule has 140 valence electrons. The number of aromatic nitrogens is 1. The molecule has 8 nitrogen and oxygen atoms in total. The lowest BCUT2D eigenvalue weighted by molar-refractivity contribution is -0.133. The number of thioether (sulfide) groups is 1. The van der Waals surface area contributed by atoms with Crippen LogP contribution in [0.25, 0.3) is 0 Å². The minimum Gasteiger partial charge on any atom is -0.481 e. The van der Waals surface area contributed by atoms with Gasteiger partial charge in [-0.3, -0.25) is 9.59 Å². The SMILES string of the molecule is Cn1cc(S(=O)(=O)N2CCCCC2)cc1C(=O)NCCSCC(=O)O. The smallest absolute Gasteiger partial charge is 0.313 e. The number of rotatable bonds is 8. The standard InChI is InChI=1S/C15H23N3O5S2/c1-17-10-12(25(22,23)18-6-3-2-4-7-18)9-13(17)15(21)16-5-8-24-11-14(19)20/h9-10H,2-8,11H2,1H3,(H,16,21)(H,19,20). The average Bonchev–Trinajstić information content (AvgIpc) is 2.97. The number of carboxylic acid groups (broad SMARTS) is 1. The highest BCUT2D eigenvalue weighted by molar-refractivity contribution is 7.99. The van der Waals surface area contributed by atoms with Crippen molar-refractivity contribution in [1.82, 2.24) is 14.2 Å². The Morgan fingerprint density at radius 3 is 2.60 bits per heavy atom. The minimum atomic E-state index is -3.57. The Balaban J connectivity index is 1.98. The molecule has 0 atom stereocenters. The number of hydrogen-bond donors (Lipinski definition) is 2. The molecule has 1 saturated heterocycles. The third-order valence-corrected chi connectivity index (χ3v) is 6.73. The number of carboxylic acids is 1. The van der Waals surface area contributed by atoms with Crippen LogP contribution in [0.5, 0.6) is 0 Å². The quantitative estimate of drug-likeness (QED) is 0.635. The molecule has 25 heavy (non-hydrogen) atoms. The number of amides is 1. The molecule has 10 heteroatoms. The Bertz CT molecular complexity index is 724. The van der Waals surface area contributed by atoms with Crippen LogP contribution in [0, 0.1) is 0 Å². The fraction of sp³-hybridized carbons (Fsp3) is 0.600. The number of piperidine rings is 1. The Labute approximate surface area is 151 Å². The van der Waals surface area contributed by atoms with Crippen LogP contribution in [-0.4, -0.2) is 65.4 Å². The largest absolute Gasteiger partial charge is 0.481 e.